The molecule has 0 atom stereocenters. The molecule has 0 bridgehead atoms. The van der Waals surface area contributed by atoms with Gasteiger partial charge in [0.05, 0.1) is 13.2 Å². The van der Waals surface area contributed by atoms with Crippen molar-refractivity contribution in [2.24, 2.45) is 4.99 Å². The van der Waals surface area contributed by atoms with Crippen LogP contribution < -0.4 is 25.4 Å². The second-order valence-electron chi connectivity index (χ2n) is 7.11. The van der Waals surface area contributed by atoms with Gasteiger partial charge in [-0.05, 0) is 55.7 Å². The molecule has 0 fully saturated rings. The summed E-state index contributed by atoms with van der Waals surface area (Å²) in [7, 11) is 1.74. The summed E-state index contributed by atoms with van der Waals surface area (Å²) in [6.45, 7) is 6.40. The van der Waals surface area contributed by atoms with Gasteiger partial charge >= 0.3 is 0 Å². The maximum absolute atomic E-state index is 11.4. The van der Waals surface area contributed by atoms with Crippen LogP contribution in [0.5, 0.6) is 11.5 Å². The summed E-state index contributed by atoms with van der Waals surface area (Å²) in [6.07, 6.45) is 1.27. The summed E-state index contributed by atoms with van der Waals surface area (Å²) < 4.78 is 11.6. The average molecular weight is 538 g/mol. The fourth-order valence-corrected chi connectivity index (χ4v) is 3.29. The third-order valence-electron chi connectivity index (χ3n) is 4.83. The van der Waals surface area contributed by atoms with Gasteiger partial charge in [0.25, 0.3) is 0 Å². The van der Waals surface area contributed by atoms with Crippen LogP contribution in [0, 0.1) is 6.92 Å². The summed E-state index contributed by atoms with van der Waals surface area (Å²) in [6, 6.07) is 12.0. The predicted octanol–water partition coefficient (Wildman–Crippen LogP) is 3.64. The van der Waals surface area contributed by atoms with Crippen LogP contribution >= 0.6 is 24.0 Å². The van der Waals surface area contributed by atoms with E-state index < -0.39 is 0 Å². The van der Waals surface area contributed by atoms with Crippen molar-refractivity contribution in [2.75, 3.05) is 32.1 Å². The first-order valence-electron chi connectivity index (χ1n) is 10.3. The Labute approximate surface area is 201 Å². The van der Waals surface area contributed by atoms with Gasteiger partial charge in [-0.15, -0.1) is 24.0 Å². The number of halogens is 1. The molecular formula is C23H31IN4O3. The van der Waals surface area contributed by atoms with E-state index in [9.17, 15) is 4.79 Å². The number of carbonyl (C=O) groups is 1. The first-order chi connectivity index (χ1) is 14.6. The molecule has 168 valence electrons. The van der Waals surface area contributed by atoms with E-state index in [-0.39, 0.29) is 29.9 Å². The summed E-state index contributed by atoms with van der Waals surface area (Å²) >= 11 is 0. The minimum atomic E-state index is 0. The van der Waals surface area contributed by atoms with E-state index in [0.717, 1.165) is 34.7 Å². The number of hydrogen-bond acceptors (Lipinski definition) is 4. The third kappa shape index (κ3) is 7.30. The fourth-order valence-electron chi connectivity index (χ4n) is 3.29. The summed E-state index contributed by atoms with van der Waals surface area (Å²) in [5.41, 5.74) is 4.25. The zero-order chi connectivity index (χ0) is 21.3. The predicted molar refractivity (Wildman–Crippen MR) is 135 cm³/mol. The number of nitrogens with one attached hydrogen (secondary N) is 3. The molecular weight excluding hydrogens is 507 g/mol. The van der Waals surface area contributed by atoms with Gasteiger partial charge < -0.3 is 25.4 Å². The highest BCUT2D eigenvalue weighted by molar-refractivity contribution is 14.0. The van der Waals surface area contributed by atoms with Crippen LogP contribution in [0.4, 0.5) is 5.69 Å². The van der Waals surface area contributed by atoms with Crippen molar-refractivity contribution in [3.63, 3.8) is 0 Å². The van der Waals surface area contributed by atoms with E-state index in [1.165, 1.54) is 5.56 Å². The van der Waals surface area contributed by atoms with Crippen molar-refractivity contribution in [1.29, 1.82) is 0 Å². The SMILES string of the molecule is CCOc1cc(C)ccc1CNC(=NC)NCCOc1ccc2c(c1)CCC(=O)N2.I. The molecule has 2 aromatic carbocycles. The van der Waals surface area contributed by atoms with Crippen molar-refractivity contribution < 1.29 is 14.3 Å². The number of rotatable bonds is 8. The molecule has 31 heavy (non-hydrogen) atoms. The fraction of sp³-hybridized carbons (Fsp3) is 0.391. The number of amides is 1. The molecule has 0 spiro atoms. The molecule has 0 radical (unpaired) electrons. The minimum Gasteiger partial charge on any atom is -0.494 e. The molecule has 1 aliphatic heterocycles. The van der Waals surface area contributed by atoms with Crippen molar-refractivity contribution in [2.45, 2.75) is 33.2 Å². The Morgan fingerprint density at radius 3 is 2.74 bits per heavy atom. The molecule has 3 rings (SSSR count). The number of benzene rings is 2. The molecule has 8 heteroatoms. The van der Waals surface area contributed by atoms with E-state index >= 15 is 0 Å². The second kappa shape index (κ2) is 12.4. The van der Waals surface area contributed by atoms with Crippen LogP contribution in [-0.4, -0.2) is 38.7 Å². The van der Waals surface area contributed by atoms with Crippen LogP contribution in [0.15, 0.2) is 41.4 Å². The van der Waals surface area contributed by atoms with Crippen molar-refractivity contribution in [1.82, 2.24) is 10.6 Å². The van der Waals surface area contributed by atoms with E-state index in [1.807, 2.05) is 25.1 Å². The number of anilines is 1. The van der Waals surface area contributed by atoms with Gasteiger partial charge in [-0.25, -0.2) is 0 Å². The van der Waals surface area contributed by atoms with E-state index in [0.29, 0.717) is 38.7 Å². The Bertz CT molecular complexity index is 918. The average Bonchev–Trinajstić information content (AvgIpc) is 2.74. The Hall–Kier alpha value is -2.49. The number of aryl methyl sites for hydroxylation is 2. The zero-order valence-corrected chi connectivity index (χ0v) is 20.6. The first kappa shape index (κ1) is 24.8. The maximum Gasteiger partial charge on any atom is 0.224 e. The molecule has 1 amide bonds. The van der Waals surface area contributed by atoms with E-state index in [1.54, 1.807) is 7.05 Å². The highest BCUT2D eigenvalue weighted by Gasteiger charge is 2.15. The van der Waals surface area contributed by atoms with Crippen LogP contribution in [0.1, 0.15) is 30.0 Å². The lowest BCUT2D eigenvalue weighted by Gasteiger charge is -2.18. The molecule has 0 saturated carbocycles. The Morgan fingerprint density at radius 2 is 1.97 bits per heavy atom. The molecule has 0 saturated heterocycles. The van der Waals surface area contributed by atoms with Gasteiger partial charge in [0.15, 0.2) is 5.96 Å². The lowest BCUT2D eigenvalue weighted by atomic mass is 10.0. The molecule has 0 aromatic heterocycles. The normalized spacial score (nSPS) is 12.9. The lowest BCUT2D eigenvalue weighted by Crippen LogP contribution is -2.39. The van der Waals surface area contributed by atoms with Gasteiger partial charge in [-0.2, -0.15) is 0 Å². The number of carbonyl (C=O) groups excluding carboxylic acids is 1. The highest BCUT2D eigenvalue weighted by atomic mass is 127. The smallest absolute Gasteiger partial charge is 0.224 e. The monoisotopic (exact) mass is 538 g/mol. The van der Waals surface area contributed by atoms with Crippen LogP contribution in [0.2, 0.25) is 0 Å². The van der Waals surface area contributed by atoms with E-state index in [2.05, 4.69) is 46.1 Å². The number of guanidine groups is 1. The maximum atomic E-state index is 11.4. The van der Waals surface area contributed by atoms with Gasteiger partial charge in [0, 0.05) is 31.3 Å². The van der Waals surface area contributed by atoms with Crippen molar-refractivity contribution in [3.8, 4) is 11.5 Å². The number of hydrogen-bond donors (Lipinski definition) is 3. The standard InChI is InChI=1S/C23H30N4O3.HI/c1-4-29-21-13-16(2)5-6-18(21)15-26-23(24-3)25-11-12-30-19-8-9-20-17(14-19)7-10-22(28)27-20;/h5-6,8-9,13-14H,4,7,10-12,15H2,1-3H3,(H,27,28)(H2,24,25,26);1H. The van der Waals surface area contributed by atoms with Gasteiger partial charge in [-0.3, -0.25) is 9.79 Å². The second-order valence-corrected chi connectivity index (χ2v) is 7.11. The summed E-state index contributed by atoms with van der Waals surface area (Å²) in [5.74, 6) is 2.47. The number of fused-ring (bicyclic) bond motifs is 1. The Kier molecular flexibility index (Phi) is 9.90. The molecule has 7 nitrogen and oxygen atoms in total. The topological polar surface area (TPSA) is 84.0 Å². The minimum absolute atomic E-state index is 0. The number of nitrogens with zero attached hydrogens (tertiary/aromatic N) is 1. The lowest BCUT2D eigenvalue weighted by molar-refractivity contribution is -0.116. The quantitative estimate of drug-likeness (QED) is 0.207. The summed E-state index contributed by atoms with van der Waals surface area (Å²) in [4.78, 5) is 15.7. The molecule has 2 aromatic rings. The Balaban J connectivity index is 0.00000341. The number of aliphatic imine (C=N–C) groups is 1. The largest absolute Gasteiger partial charge is 0.494 e. The van der Waals surface area contributed by atoms with Crippen molar-refractivity contribution >= 4 is 41.5 Å². The molecule has 0 aliphatic carbocycles. The molecule has 1 aliphatic rings. The van der Waals surface area contributed by atoms with Crippen LogP contribution in [0.25, 0.3) is 0 Å². The molecule has 1 heterocycles. The van der Waals surface area contributed by atoms with E-state index in [4.69, 9.17) is 9.47 Å². The van der Waals surface area contributed by atoms with Crippen LogP contribution in [-0.2, 0) is 17.8 Å². The third-order valence-corrected chi connectivity index (χ3v) is 4.83. The van der Waals surface area contributed by atoms with Crippen molar-refractivity contribution in [3.05, 3.63) is 53.1 Å². The number of ether oxygens (including phenoxy) is 2. The van der Waals surface area contributed by atoms with Crippen LogP contribution in [0.3, 0.4) is 0 Å². The zero-order valence-electron chi connectivity index (χ0n) is 18.3. The van der Waals surface area contributed by atoms with Gasteiger partial charge in [0.2, 0.25) is 5.91 Å². The van der Waals surface area contributed by atoms with Gasteiger partial charge in [-0.1, -0.05) is 12.1 Å². The summed E-state index contributed by atoms with van der Waals surface area (Å²) in [5, 5.41) is 9.45. The highest BCUT2D eigenvalue weighted by Crippen LogP contribution is 2.26. The Morgan fingerprint density at radius 1 is 1.13 bits per heavy atom. The molecule has 0 unspecified atom stereocenters. The first-order valence-corrected chi connectivity index (χ1v) is 10.3. The van der Waals surface area contributed by atoms with Gasteiger partial charge in [0.1, 0.15) is 18.1 Å². The molecule has 3 N–H and O–H groups in total.